The summed E-state index contributed by atoms with van der Waals surface area (Å²) in [7, 11) is 0. The molecule has 3 aromatic rings. The first-order chi connectivity index (χ1) is 10.8. The molecule has 1 unspecified atom stereocenters. The molecule has 0 saturated carbocycles. The van der Waals surface area contributed by atoms with Crippen molar-refractivity contribution in [3.05, 3.63) is 71.9 Å². The Kier molecular flexibility index (Phi) is 2.20. The van der Waals surface area contributed by atoms with Gasteiger partial charge in [0.25, 0.3) is 0 Å². The zero-order chi connectivity index (χ0) is 14.6. The quantitative estimate of drug-likeness (QED) is 0.654. The number of para-hydroxylation sites is 1. The topological polar surface area (TPSA) is 37.0 Å². The molecule has 0 saturated heterocycles. The zero-order valence-corrected chi connectivity index (χ0v) is 12.0. The molecular formula is C19H15N3. The van der Waals surface area contributed by atoms with Gasteiger partial charge in [0.15, 0.2) is 0 Å². The van der Waals surface area contributed by atoms with Gasteiger partial charge in [0.2, 0.25) is 0 Å². The van der Waals surface area contributed by atoms with E-state index < -0.39 is 0 Å². The summed E-state index contributed by atoms with van der Waals surface area (Å²) in [5, 5.41) is 8.53. The number of pyridine rings is 1. The van der Waals surface area contributed by atoms with E-state index in [9.17, 15) is 0 Å². The maximum Gasteiger partial charge on any atom is 0.132 e. The standard InChI is InChI=1S/C19H15N3/c1-2-6-16-14(4-1)12-19(21-16)10-9-13-7-8-17-15(18(13)22-19)5-3-11-20-17/h1-11,21-22H,12H2. The number of nitrogens with one attached hydrogen (secondary N) is 2. The molecule has 1 atom stereocenters. The summed E-state index contributed by atoms with van der Waals surface area (Å²) >= 11 is 0. The third-order valence-electron chi connectivity index (χ3n) is 4.56. The van der Waals surface area contributed by atoms with Crippen LogP contribution in [0.25, 0.3) is 17.0 Å². The van der Waals surface area contributed by atoms with Crippen molar-refractivity contribution in [1.82, 2.24) is 4.98 Å². The van der Waals surface area contributed by atoms with Gasteiger partial charge in [-0.15, -0.1) is 0 Å². The number of hydrogen-bond acceptors (Lipinski definition) is 3. The second kappa shape index (κ2) is 4.10. The average Bonchev–Trinajstić information content (AvgIpc) is 2.92. The Morgan fingerprint density at radius 3 is 2.86 bits per heavy atom. The first-order valence-corrected chi connectivity index (χ1v) is 7.54. The van der Waals surface area contributed by atoms with Crippen LogP contribution in [0.15, 0.2) is 60.8 Å². The Morgan fingerprint density at radius 1 is 0.955 bits per heavy atom. The molecule has 1 spiro atoms. The van der Waals surface area contributed by atoms with Crippen molar-refractivity contribution in [2.45, 2.75) is 12.1 Å². The highest BCUT2D eigenvalue weighted by atomic mass is 15.2. The summed E-state index contributed by atoms with van der Waals surface area (Å²) in [5.41, 5.74) is 5.72. The molecule has 2 aliphatic heterocycles. The largest absolute Gasteiger partial charge is 0.359 e. The van der Waals surface area contributed by atoms with E-state index in [1.165, 1.54) is 22.2 Å². The first kappa shape index (κ1) is 11.8. The fourth-order valence-corrected chi connectivity index (χ4v) is 3.50. The van der Waals surface area contributed by atoms with E-state index in [-0.39, 0.29) is 5.66 Å². The SMILES string of the molecule is C1=CC2(Cc3ccccc3N2)Nc2c1ccc1ncccc21. The van der Waals surface area contributed by atoms with Crippen LogP contribution < -0.4 is 10.6 Å². The molecule has 3 heterocycles. The molecular weight excluding hydrogens is 270 g/mol. The van der Waals surface area contributed by atoms with Crippen LogP contribution in [0.3, 0.4) is 0 Å². The van der Waals surface area contributed by atoms with Gasteiger partial charge in [-0.2, -0.15) is 0 Å². The van der Waals surface area contributed by atoms with Gasteiger partial charge in [-0.25, -0.2) is 0 Å². The minimum absolute atomic E-state index is 0.235. The second-order valence-corrected chi connectivity index (χ2v) is 5.99. The van der Waals surface area contributed by atoms with E-state index >= 15 is 0 Å². The van der Waals surface area contributed by atoms with Crippen LogP contribution in [-0.4, -0.2) is 10.6 Å². The van der Waals surface area contributed by atoms with Crippen molar-refractivity contribution in [3.63, 3.8) is 0 Å². The van der Waals surface area contributed by atoms with Crippen LogP contribution in [0.2, 0.25) is 0 Å². The van der Waals surface area contributed by atoms with E-state index in [2.05, 4.69) is 70.2 Å². The van der Waals surface area contributed by atoms with E-state index in [0.29, 0.717) is 0 Å². The van der Waals surface area contributed by atoms with E-state index in [4.69, 9.17) is 0 Å². The molecule has 2 aromatic carbocycles. The highest BCUT2D eigenvalue weighted by molar-refractivity contribution is 5.98. The molecule has 0 bridgehead atoms. The molecule has 22 heavy (non-hydrogen) atoms. The minimum Gasteiger partial charge on any atom is -0.359 e. The first-order valence-electron chi connectivity index (χ1n) is 7.54. The van der Waals surface area contributed by atoms with Crippen LogP contribution in [0.5, 0.6) is 0 Å². The predicted octanol–water partition coefficient (Wildman–Crippen LogP) is 4.04. The summed E-state index contributed by atoms with van der Waals surface area (Å²) in [5.74, 6) is 0. The predicted molar refractivity (Wildman–Crippen MR) is 90.9 cm³/mol. The second-order valence-electron chi connectivity index (χ2n) is 5.99. The highest BCUT2D eigenvalue weighted by Gasteiger charge is 2.36. The number of nitrogens with zero attached hydrogens (tertiary/aromatic N) is 1. The third kappa shape index (κ3) is 1.59. The third-order valence-corrected chi connectivity index (χ3v) is 4.56. The van der Waals surface area contributed by atoms with Crippen molar-refractivity contribution in [1.29, 1.82) is 0 Å². The van der Waals surface area contributed by atoms with Gasteiger partial charge in [-0.1, -0.05) is 30.3 Å². The van der Waals surface area contributed by atoms with Gasteiger partial charge in [-0.3, -0.25) is 4.98 Å². The normalized spacial score (nSPS) is 21.3. The molecule has 0 aliphatic carbocycles. The fourth-order valence-electron chi connectivity index (χ4n) is 3.50. The van der Waals surface area contributed by atoms with Gasteiger partial charge in [0.1, 0.15) is 5.66 Å². The van der Waals surface area contributed by atoms with Crippen molar-refractivity contribution < 1.29 is 0 Å². The van der Waals surface area contributed by atoms with Gasteiger partial charge in [0, 0.05) is 23.7 Å². The van der Waals surface area contributed by atoms with Crippen LogP contribution in [0, 0.1) is 0 Å². The molecule has 3 heteroatoms. The van der Waals surface area contributed by atoms with Crippen LogP contribution >= 0.6 is 0 Å². The number of fused-ring (bicyclic) bond motifs is 4. The van der Waals surface area contributed by atoms with Crippen LogP contribution in [0.4, 0.5) is 11.4 Å². The fraction of sp³-hybridized carbons (Fsp3) is 0.105. The smallest absolute Gasteiger partial charge is 0.132 e. The monoisotopic (exact) mass is 285 g/mol. The highest BCUT2D eigenvalue weighted by Crippen LogP contribution is 2.40. The Bertz CT molecular complexity index is 902. The van der Waals surface area contributed by atoms with E-state index in [1.54, 1.807) is 0 Å². The van der Waals surface area contributed by atoms with Crippen molar-refractivity contribution in [2.24, 2.45) is 0 Å². The number of anilines is 2. The van der Waals surface area contributed by atoms with Gasteiger partial charge in [-0.05, 0) is 41.5 Å². The minimum atomic E-state index is -0.235. The molecule has 0 fully saturated rings. The van der Waals surface area contributed by atoms with Crippen LogP contribution in [-0.2, 0) is 6.42 Å². The van der Waals surface area contributed by atoms with Gasteiger partial charge < -0.3 is 10.6 Å². The number of benzene rings is 2. The lowest BCUT2D eigenvalue weighted by Crippen LogP contribution is -2.44. The summed E-state index contributed by atoms with van der Waals surface area (Å²) in [4.78, 5) is 4.46. The average molecular weight is 285 g/mol. The van der Waals surface area contributed by atoms with Gasteiger partial charge >= 0.3 is 0 Å². The van der Waals surface area contributed by atoms with Crippen molar-refractivity contribution >= 4 is 28.4 Å². The number of hydrogen-bond donors (Lipinski definition) is 2. The summed E-state index contributed by atoms with van der Waals surface area (Å²) in [6.07, 6.45) is 7.22. The maximum absolute atomic E-state index is 4.46. The van der Waals surface area contributed by atoms with E-state index in [0.717, 1.165) is 17.6 Å². The Hall–Kier alpha value is -2.81. The molecule has 0 amide bonds. The Labute approximate surface area is 128 Å². The molecule has 5 rings (SSSR count). The lowest BCUT2D eigenvalue weighted by Gasteiger charge is -2.33. The Balaban J connectivity index is 1.64. The molecule has 2 N–H and O–H groups in total. The molecule has 1 aromatic heterocycles. The lowest BCUT2D eigenvalue weighted by molar-refractivity contribution is 0.684. The molecule has 106 valence electrons. The molecule has 2 aliphatic rings. The van der Waals surface area contributed by atoms with Crippen molar-refractivity contribution in [2.75, 3.05) is 10.6 Å². The number of aromatic nitrogens is 1. The van der Waals surface area contributed by atoms with E-state index in [1.807, 2.05) is 12.3 Å². The lowest BCUT2D eigenvalue weighted by atomic mass is 9.95. The van der Waals surface area contributed by atoms with Crippen LogP contribution in [0.1, 0.15) is 11.1 Å². The maximum atomic E-state index is 4.46. The summed E-state index contributed by atoms with van der Waals surface area (Å²) in [6.45, 7) is 0. The molecule has 3 nitrogen and oxygen atoms in total. The number of rotatable bonds is 0. The summed E-state index contributed by atoms with van der Waals surface area (Å²) in [6, 6.07) is 16.8. The Morgan fingerprint density at radius 2 is 1.91 bits per heavy atom. The summed E-state index contributed by atoms with van der Waals surface area (Å²) < 4.78 is 0. The zero-order valence-electron chi connectivity index (χ0n) is 12.0. The molecule has 0 radical (unpaired) electrons. The van der Waals surface area contributed by atoms with Crippen molar-refractivity contribution in [3.8, 4) is 0 Å². The van der Waals surface area contributed by atoms with Gasteiger partial charge in [0.05, 0.1) is 11.2 Å².